The number of nitrogens with one attached hydrogen (secondary N) is 5. The molecule has 3 aliphatic heterocycles. The summed E-state index contributed by atoms with van der Waals surface area (Å²) >= 11 is 0. The van der Waals surface area contributed by atoms with Crippen LogP contribution in [0.1, 0.15) is 67.6 Å². The summed E-state index contributed by atoms with van der Waals surface area (Å²) in [5, 5.41) is 26.6. The first-order valence-electron chi connectivity index (χ1n) is 24.5. The SMILES string of the molecule is CN(C)c1ccc(Nc2c3ccc(NC(=O)CCN4CCCC4)cc3nc3cc(NC(=O)CCN4CCCC4)ccc23)cc1.Cn1ncnc1[C@H]1c2n[nH]c(=O)c3cc(F)cc(c23)N[C@@H]1c1ccc(F)cc1. The summed E-state index contributed by atoms with van der Waals surface area (Å²) in [4.78, 5) is 53.9. The zero-order valence-electron chi connectivity index (χ0n) is 40.5. The van der Waals surface area contributed by atoms with E-state index in [4.69, 9.17) is 4.98 Å². The van der Waals surface area contributed by atoms with Gasteiger partial charge < -0.3 is 36.0 Å². The van der Waals surface area contributed by atoms with Crippen molar-refractivity contribution in [2.45, 2.75) is 50.5 Å². The Morgan fingerprint density at radius 1 is 0.722 bits per heavy atom. The molecular formula is C54H57F2N13O3. The molecule has 2 fully saturated rings. The van der Waals surface area contributed by atoms with Crippen molar-refractivity contribution in [3.8, 4) is 0 Å². The molecule has 5 aromatic carbocycles. The van der Waals surface area contributed by atoms with E-state index < -0.39 is 23.3 Å². The first-order chi connectivity index (χ1) is 34.9. The minimum Gasteiger partial charge on any atom is -0.378 e. The monoisotopic (exact) mass is 973 g/mol. The van der Waals surface area contributed by atoms with E-state index in [1.807, 2.05) is 50.5 Å². The van der Waals surface area contributed by atoms with Gasteiger partial charge in [0, 0.05) is 91.7 Å². The summed E-state index contributed by atoms with van der Waals surface area (Å²) in [6.45, 7) is 5.89. The summed E-state index contributed by atoms with van der Waals surface area (Å²) < 4.78 is 29.2. The number of aromatic nitrogens is 6. The van der Waals surface area contributed by atoms with E-state index in [0.29, 0.717) is 35.4 Å². The van der Waals surface area contributed by atoms with Gasteiger partial charge in [-0.15, -0.1) is 0 Å². The number of fused-ring (bicyclic) bond motifs is 2. The lowest BCUT2D eigenvalue weighted by molar-refractivity contribution is -0.117. The second kappa shape index (κ2) is 20.9. The van der Waals surface area contributed by atoms with Crippen LogP contribution in [0.3, 0.4) is 0 Å². The largest absolute Gasteiger partial charge is 0.378 e. The predicted octanol–water partition coefficient (Wildman–Crippen LogP) is 8.67. The van der Waals surface area contributed by atoms with E-state index >= 15 is 0 Å². The Morgan fingerprint density at radius 3 is 1.86 bits per heavy atom. The third-order valence-corrected chi connectivity index (χ3v) is 13.8. The molecule has 2 atom stereocenters. The summed E-state index contributed by atoms with van der Waals surface area (Å²) in [6.07, 6.45) is 7.23. The van der Waals surface area contributed by atoms with Gasteiger partial charge in [0.15, 0.2) is 0 Å². The highest BCUT2D eigenvalue weighted by Crippen LogP contribution is 2.46. The number of carbonyl (C=O) groups excluding carboxylic acids is 2. The summed E-state index contributed by atoms with van der Waals surface area (Å²) in [5.41, 5.74) is 7.29. The van der Waals surface area contributed by atoms with Crippen molar-refractivity contribution in [2.24, 2.45) is 7.05 Å². The molecule has 0 radical (unpaired) electrons. The number of pyridine rings is 1. The number of aromatic amines is 1. The van der Waals surface area contributed by atoms with Crippen LogP contribution in [0.5, 0.6) is 0 Å². The maximum absolute atomic E-state index is 14.1. The minimum atomic E-state index is -0.535. The van der Waals surface area contributed by atoms with Gasteiger partial charge in [0.2, 0.25) is 11.8 Å². The highest BCUT2D eigenvalue weighted by atomic mass is 19.1. The first kappa shape index (κ1) is 47.8. The highest BCUT2D eigenvalue weighted by molar-refractivity contribution is 6.11. The van der Waals surface area contributed by atoms with Crippen LogP contribution in [0.4, 0.5) is 42.9 Å². The molecule has 370 valence electrons. The summed E-state index contributed by atoms with van der Waals surface area (Å²) in [7, 11) is 5.81. The number of hydrogen-bond donors (Lipinski definition) is 5. The van der Waals surface area contributed by atoms with Crippen molar-refractivity contribution in [2.75, 3.05) is 79.5 Å². The van der Waals surface area contributed by atoms with Gasteiger partial charge in [0.05, 0.1) is 39.8 Å². The molecule has 0 unspecified atom stereocenters. The van der Waals surface area contributed by atoms with E-state index in [-0.39, 0.29) is 23.0 Å². The Balaban J connectivity index is 0.000000182. The van der Waals surface area contributed by atoms with Crippen molar-refractivity contribution in [1.29, 1.82) is 0 Å². The Bertz CT molecular complexity index is 3240. The number of hydrogen-bond acceptors (Lipinski definition) is 12. The van der Waals surface area contributed by atoms with Gasteiger partial charge >= 0.3 is 0 Å². The van der Waals surface area contributed by atoms with Gasteiger partial charge in [-0.3, -0.25) is 19.1 Å². The molecule has 2 amide bonds. The quantitative estimate of drug-likeness (QED) is 0.0695. The fraction of sp³-hybridized carbons (Fsp3) is 0.315. The van der Waals surface area contributed by atoms with Crippen LogP contribution < -0.4 is 31.7 Å². The second-order valence-electron chi connectivity index (χ2n) is 18.9. The van der Waals surface area contributed by atoms with Crippen LogP contribution in [-0.2, 0) is 16.6 Å². The third-order valence-electron chi connectivity index (χ3n) is 13.8. The number of nitrogens with zero attached hydrogens (tertiary/aromatic N) is 8. The molecule has 18 heteroatoms. The number of carbonyl (C=O) groups is 2. The molecule has 6 heterocycles. The number of halogens is 2. The first-order valence-corrected chi connectivity index (χ1v) is 24.5. The van der Waals surface area contributed by atoms with Crippen LogP contribution in [0.2, 0.25) is 0 Å². The Kier molecular flexibility index (Phi) is 13.9. The summed E-state index contributed by atoms with van der Waals surface area (Å²) in [6, 6.07) is 28.2. The molecule has 0 bridgehead atoms. The van der Waals surface area contributed by atoms with Crippen LogP contribution >= 0.6 is 0 Å². The maximum atomic E-state index is 14.1. The number of aryl methyl sites for hydroxylation is 1. The van der Waals surface area contributed by atoms with Gasteiger partial charge in [-0.1, -0.05) is 12.1 Å². The topological polar surface area (TPSA) is 181 Å². The molecule has 0 aliphatic carbocycles. The smallest absolute Gasteiger partial charge is 0.272 e. The lowest BCUT2D eigenvalue weighted by atomic mass is 9.83. The fourth-order valence-corrected chi connectivity index (χ4v) is 10.0. The van der Waals surface area contributed by atoms with Crippen molar-refractivity contribution in [3.05, 3.63) is 142 Å². The number of likely N-dealkylation sites (tertiary alicyclic amines) is 2. The predicted molar refractivity (Wildman–Crippen MR) is 279 cm³/mol. The minimum absolute atomic E-state index is 0.00954. The molecule has 0 spiro atoms. The molecule has 5 N–H and O–H groups in total. The number of benzene rings is 5. The zero-order valence-corrected chi connectivity index (χ0v) is 40.5. The van der Waals surface area contributed by atoms with Crippen molar-refractivity contribution < 1.29 is 18.4 Å². The number of H-pyrrole nitrogens is 1. The molecule has 11 rings (SSSR count). The Labute approximate surface area is 414 Å². The van der Waals surface area contributed by atoms with Gasteiger partial charge in [-0.2, -0.15) is 10.2 Å². The van der Waals surface area contributed by atoms with Crippen LogP contribution in [0.25, 0.3) is 32.6 Å². The van der Waals surface area contributed by atoms with E-state index in [0.717, 1.165) is 95.1 Å². The lowest BCUT2D eigenvalue weighted by Gasteiger charge is -2.33. The Morgan fingerprint density at radius 2 is 1.31 bits per heavy atom. The Hall–Kier alpha value is -7.83. The van der Waals surface area contributed by atoms with Crippen LogP contribution in [-0.4, -0.2) is 105 Å². The van der Waals surface area contributed by atoms with E-state index in [1.54, 1.807) is 23.9 Å². The molecule has 2 saturated heterocycles. The van der Waals surface area contributed by atoms with E-state index in [2.05, 4.69) is 80.5 Å². The number of amides is 2. The van der Waals surface area contributed by atoms with Gasteiger partial charge in [0.25, 0.3) is 5.56 Å². The summed E-state index contributed by atoms with van der Waals surface area (Å²) in [5.74, 6) is -0.697. The molecule has 0 saturated carbocycles. The lowest BCUT2D eigenvalue weighted by Crippen LogP contribution is -2.30. The van der Waals surface area contributed by atoms with E-state index in [9.17, 15) is 23.2 Å². The maximum Gasteiger partial charge on any atom is 0.272 e. The molecule has 16 nitrogen and oxygen atoms in total. The van der Waals surface area contributed by atoms with E-state index in [1.165, 1.54) is 56.3 Å². The normalized spacial score (nSPS) is 16.6. The molecule has 3 aromatic heterocycles. The molecular weight excluding hydrogens is 917 g/mol. The molecule has 3 aliphatic rings. The van der Waals surface area contributed by atoms with Gasteiger partial charge in [-0.05, 0) is 142 Å². The number of anilines is 6. The highest BCUT2D eigenvalue weighted by Gasteiger charge is 2.38. The van der Waals surface area contributed by atoms with Gasteiger partial charge in [-0.25, -0.2) is 23.8 Å². The standard InChI is InChI=1S/C35H43N7O2.C19H14F2N6O/c1-40(2)28-11-7-25(8-12-28)38-35-29-13-9-26(36-33(43)15-21-41-17-3-4-18-41)23-31(29)39-32-24-27(10-14-30(32)35)37-34(44)16-22-42-19-5-6-20-42;1-27-18(22-8-23-27)15-16(9-2-4-10(20)5-3-9)24-13-7-11(21)6-12-14(13)17(15)25-26-19(12)28/h7-14,23-24H,3-6,15-22H2,1-2H3,(H,36,43)(H,37,44)(H,38,39);2-8,15-16,24H,1H3,(H,26,28)/t;15-,16-/m.1/s1. The second-order valence-corrected chi connectivity index (χ2v) is 18.9. The third kappa shape index (κ3) is 10.5. The number of rotatable bonds is 13. The molecule has 72 heavy (non-hydrogen) atoms. The van der Waals surface area contributed by atoms with Crippen molar-refractivity contribution in [1.82, 2.24) is 39.7 Å². The molecule has 8 aromatic rings. The van der Waals surface area contributed by atoms with Crippen LogP contribution in [0, 0.1) is 11.6 Å². The van der Waals surface area contributed by atoms with Crippen molar-refractivity contribution in [3.63, 3.8) is 0 Å². The average Bonchev–Trinajstić information content (AvgIpc) is 4.19. The van der Waals surface area contributed by atoms with Crippen molar-refractivity contribution >= 4 is 78.5 Å². The van der Waals surface area contributed by atoms with Gasteiger partial charge in [0.1, 0.15) is 23.8 Å². The zero-order chi connectivity index (χ0) is 49.9. The van der Waals surface area contributed by atoms with Crippen LogP contribution in [0.15, 0.2) is 108 Å². The fourth-order valence-electron chi connectivity index (χ4n) is 10.0. The average molecular weight is 974 g/mol.